The maximum absolute atomic E-state index is 12.7. The molecule has 0 radical (unpaired) electrons. The largest absolute Gasteiger partial charge is 0.483 e. The van der Waals surface area contributed by atoms with Crippen LogP contribution in [0.1, 0.15) is 51.4 Å². The summed E-state index contributed by atoms with van der Waals surface area (Å²) in [4.78, 5) is 15.3. The van der Waals surface area contributed by atoms with Crippen LogP contribution in [0.5, 0.6) is 5.75 Å². The maximum atomic E-state index is 12.7. The lowest BCUT2D eigenvalue weighted by molar-refractivity contribution is -0.124. The van der Waals surface area contributed by atoms with Gasteiger partial charge in [0.15, 0.2) is 6.61 Å². The van der Waals surface area contributed by atoms with Crippen molar-refractivity contribution in [3.8, 4) is 16.9 Å². The van der Waals surface area contributed by atoms with E-state index in [2.05, 4.69) is 22.3 Å². The Bertz CT molecular complexity index is 809. The van der Waals surface area contributed by atoms with E-state index in [1.54, 1.807) is 0 Å². The molecule has 0 atom stereocenters. The van der Waals surface area contributed by atoms with Crippen molar-refractivity contribution in [1.29, 1.82) is 0 Å². The van der Waals surface area contributed by atoms with Gasteiger partial charge in [0.1, 0.15) is 5.75 Å². The highest BCUT2D eigenvalue weighted by molar-refractivity contribution is 5.78. The Hall–Kier alpha value is -2.33. The zero-order chi connectivity index (χ0) is 20.7. The molecule has 160 valence electrons. The minimum absolute atomic E-state index is 0.0279. The molecule has 4 rings (SSSR count). The standard InChI is InChI=1S/C26H34N2O2/c29-25(20-30-24-15-7-6-14-23(24)22-12-4-1-5-13-22)27-21-26(16-8-2-9-17-26)28-18-10-3-11-19-28/h1,4-7,12-15H,2-3,8-11,16-21H2,(H,27,29). The molecule has 0 unspecified atom stereocenters. The summed E-state index contributed by atoms with van der Waals surface area (Å²) in [6, 6.07) is 18.1. The lowest BCUT2D eigenvalue weighted by Crippen LogP contribution is -2.58. The maximum Gasteiger partial charge on any atom is 0.258 e. The van der Waals surface area contributed by atoms with Crippen molar-refractivity contribution in [2.45, 2.75) is 56.9 Å². The summed E-state index contributed by atoms with van der Waals surface area (Å²) >= 11 is 0. The van der Waals surface area contributed by atoms with Gasteiger partial charge in [0, 0.05) is 17.6 Å². The van der Waals surface area contributed by atoms with Gasteiger partial charge < -0.3 is 10.1 Å². The predicted octanol–water partition coefficient (Wildman–Crippen LogP) is 5.04. The number of piperidine rings is 1. The minimum Gasteiger partial charge on any atom is -0.483 e. The Labute approximate surface area is 180 Å². The van der Waals surface area contributed by atoms with Crippen LogP contribution in [0.15, 0.2) is 54.6 Å². The van der Waals surface area contributed by atoms with E-state index in [4.69, 9.17) is 4.74 Å². The molecule has 2 aromatic rings. The van der Waals surface area contributed by atoms with E-state index in [0.29, 0.717) is 0 Å². The number of hydrogen-bond acceptors (Lipinski definition) is 3. The second-order valence-corrected chi connectivity index (χ2v) is 8.76. The topological polar surface area (TPSA) is 41.6 Å². The monoisotopic (exact) mass is 406 g/mol. The molecule has 1 aliphatic heterocycles. The number of benzene rings is 2. The minimum atomic E-state index is -0.0279. The molecule has 2 fully saturated rings. The zero-order valence-electron chi connectivity index (χ0n) is 17.9. The fourth-order valence-electron chi connectivity index (χ4n) is 5.09. The first-order valence-electron chi connectivity index (χ1n) is 11.6. The number of carbonyl (C=O) groups excluding carboxylic acids is 1. The number of carbonyl (C=O) groups is 1. The molecule has 4 nitrogen and oxygen atoms in total. The molecule has 4 heteroatoms. The second kappa shape index (κ2) is 10.1. The van der Waals surface area contributed by atoms with Crippen molar-refractivity contribution in [2.75, 3.05) is 26.2 Å². The van der Waals surface area contributed by atoms with Gasteiger partial charge in [-0.25, -0.2) is 0 Å². The molecule has 2 aromatic carbocycles. The highest BCUT2D eigenvalue weighted by Crippen LogP contribution is 2.35. The summed E-state index contributed by atoms with van der Waals surface area (Å²) in [6.07, 6.45) is 10.2. The fraction of sp³-hybridized carbons (Fsp3) is 0.500. The van der Waals surface area contributed by atoms with Crippen LogP contribution in [-0.4, -0.2) is 42.6 Å². The van der Waals surface area contributed by atoms with Crippen molar-refractivity contribution in [2.24, 2.45) is 0 Å². The van der Waals surface area contributed by atoms with E-state index in [9.17, 15) is 4.79 Å². The summed E-state index contributed by atoms with van der Waals surface area (Å²) in [5, 5.41) is 3.21. The first-order valence-corrected chi connectivity index (χ1v) is 11.6. The van der Waals surface area contributed by atoms with Crippen molar-refractivity contribution in [1.82, 2.24) is 10.2 Å². The quantitative estimate of drug-likeness (QED) is 0.701. The number of para-hydroxylation sites is 1. The molecular weight excluding hydrogens is 372 g/mol. The molecule has 30 heavy (non-hydrogen) atoms. The molecule has 1 saturated heterocycles. The normalized spacial score (nSPS) is 19.2. The van der Waals surface area contributed by atoms with Crippen molar-refractivity contribution >= 4 is 5.91 Å². The van der Waals surface area contributed by atoms with E-state index < -0.39 is 0 Å². The van der Waals surface area contributed by atoms with Gasteiger partial charge in [0.25, 0.3) is 5.91 Å². The lowest BCUT2D eigenvalue weighted by atomic mass is 9.79. The molecule has 1 aliphatic carbocycles. The van der Waals surface area contributed by atoms with Gasteiger partial charge in [0.05, 0.1) is 0 Å². The Morgan fingerprint density at radius 3 is 2.30 bits per heavy atom. The number of hydrogen-bond donors (Lipinski definition) is 1. The Morgan fingerprint density at radius 1 is 0.867 bits per heavy atom. The average molecular weight is 407 g/mol. The summed E-state index contributed by atoms with van der Waals surface area (Å²) in [7, 11) is 0. The molecule has 0 aromatic heterocycles. The molecule has 0 bridgehead atoms. The molecule has 1 heterocycles. The second-order valence-electron chi connectivity index (χ2n) is 8.76. The predicted molar refractivity (Wildman–Crippen MR) is 122 cm³/mol. The van der Waals surface area contributed by atoms with Crippen LogP contribution >= 0.6 is 0 Å². The molecule has 1 N–H and O–H groups in total. The van der Waals surface area contributed by atoms with Crippen molar-refractivity contribution in [3.63, 3.8) is 0 Å². The van der Waals surface area contributed by atoms with Crippen LogP contribution in [0.4, 0.5) is 0 Å². The van der Waals surface area contributed by atoms with E-state index in [0.717, 1.165) is 23.4 Å². The van der Waals surface area contributed by atoms with Crippen LogP contribution in [0.25, 0.3) is 11.1 Å². The Balaban J connectivity index is 1.36. The molecule has 1 amide bonds. The van der Waals surface area contributed by atoms with Crippen LogP contribution in [0, 0.1) is 0 Å². The Kier molecular flexibility index (Phi) is 7.06. The fourth-order valence-corrected chi connectivity index (χ4v) is 5.09. The van der Waals surface area contributed by atoms with Crippen molar-refractivity contribution < 1.29 is 9.53 Å². The van der Waals surface area contributed by atoms with Crippen LogP contribution < -0.4 is 10.1 Å². The third-order valence-corrected chi connectivity index (χ3v) is 6.76. The van der Waals surface area contributed by atoms with Crippen LogP contribution in [0.2, 0.25) is 0 Å². The van der Waals surface area contributed by atoms with Gasteiger partial charge >= 0.3 is 0 Å². The number of amides is 1. The van der Waals surface area contributed by atoms with E-state index in [-0.39, 0.29) is 18.1 Å². The molecular formula is C26H34N2O2. The molecule has 0 spiro atoms. The van der Waals surface area contributed by atoms with E-state index >= 15 is 0 Å². The number of ether oxygens (including phenoxy) is 1. The number of likely N-dealkylation sites (tertiary alicyclic amines) is 1. The zero-order valence-corrected chi connectivity index (χ0v) is 17.9. The van der Waals surface area contributed by atoms with Gasteiger partial charge in [-0.2, -0.15) is 0 Å². The molecule has 2 aliphatic rings. The highest BCUT2D eigenvalue weighted by Gasteiger charge is 2.38. The first-order chi connectivity index (χ1) is 14.8. The lowest BCUT2D eigenvalue weighted by Gasteiger charge is -2.48. The van der Waals surface area contributed by atoms with E-state index in [1.807, 2.05) is 42.5 Å². The highest BCUT2D eigenvalue weighted by atomic mass is 16.5. The smallest absolute Gasteiger partial charge is 0.258 e. The summed E-state index contributed by atoms with van der Waals surface area (Å²) in [6.45, 7) is 3.16. The van der Waals surface area contributed by atoms with Gasteiger partial charge in [-0.3, -0.25) is 9.69 Å². The van der Waals surface area contributed by atoms with Gasteiger partial charge in [-0.05, 0) is 50.4 Å². The number of rotatable bonds is 7. The third-order valence-electron chi connectivity index (χ3n) is 6.76. The molecule has 1 saturated carbocycles. The van der Waals surface area contributed by atoms with Gasteiger partial charge in [-0.1, -0.05) is 74.2 Å². The average Bonchev–Trinajstić information content (AvgIpc) is 2.83. The van der Waals surface area contributed by atoms with Gasteiger partial charge in [0.2, 0.25) is 0 Å². The van der Waals surface area contributed by atoms with E-state index in [1.165, 1.54) is 64.5 Å². The SMILES string of the molecule is O=C(COc1ccccc1-c1ccccc1)NCC1(N2CCCCC2)CCCCC1. The van der Waals surface area contributed by atoms with Crippen LogP contribution in [-0.2, 0) is 4.79 Å². The Morgan fingerprint density at radius 2 is 1.53 bits per heavy atom. The summed E-state index contributed by atoms with van der Waals surface area (Å²) in [5.74, 6) is 0.724. The first kappa shape index (κ1) is 20.9. The van der Waals surface area contributed by atoms with Crippen LogP contribution in [0.3, 0.4) is 0 Å². The van der Waals surface area contributed by atoms with Crippen molar-refractivity contribution in [3.05, 3.63) is 54.6 Å². The summed E-state index contributed by atoms with van der Waals surface area (Å²) in [5.41, 5.74) is 2.26. The number of nitrogens with zero attached hydrogens (tertiary/aromatic N) is 1. The van der Waals surface area contributed by atoms with Gasteiger partial charge in [-0.15, -0.1) is 0 Å². The third kappa shape index (κ3) is 5.04. The summed E-state index contributed by atoms with van der Waals surface area (Å²) < 4.78 is 5.95. The number of nitrogens with one attached hydrogen (secondary N) is 1.